The van der Waals surface area contributed by atoms with E-state index in [4.69, 9.17) is 4.98 Å². The topological polar surface area (TPSA) is 47.0 Å². The lowest BCUT2D eigenvalue weighted by atomic mass is 9.96. The SMILES string of the molecule is CC1(C)CC(=O)CC(C)(C)P1Cc1cccc(CP2C(C)(C)CC(=O)CC2(C)C)n1. The molecule has 2 aliphatic heterocycles. The van der Waals surface area contributed by atoms with Crippen molar-refractivity contribution in [1.29, 1.82) is 0 Å². The van der Waals surface area contributed by atoms with Gasteiger partial charge >= 0.3 is 0 Å². The van der Waals surface area contributed by atoms with E-state index >= 15 is 0 Å². The maximum absolute atomic E-state index is 12.3. The summed E-state index contributed by atoms with van der Waals surface area (Å²) in [5.41, 5.74) is 2.35. The first-order valence-corrected chi connectivity index (χ1v) is 14.2. The first-order valence-electron chi connectivity index (χ1n) is 11.2. The van der Waals surface area contributed by atoms with Gasteiger partial charge in [-0.2, -0.15) is 0 Å². The summed E-state index contributed by atoms with van der Waals surface area (Å²) in [6, 6.07) is 6.50. The van der Waals surface area contributed by atoms with Crippen molar-refractivity contribution in [3.8, 4) is 0 Å². The van der Waals surface area contributed by atoms with Crippen molar-refractivity contribution in [2.75, 3.05) is 0 Å². The molecule has 0 aromatic carbocycles. The second-order valence-corrected chi connectivity index (χ2v) is 19.0. The van der Waals surface area contributed by atoms with Gasteiger partial charge in [0.2, 0.25) is 0 Å². The number of pyridine rings is 1. The summed E-state index contributed by atoms with van der Waals surface area (Å²) in [6.45, 7) is 18.2. The number of ketones is 2. The van der Waals surface area contributed by atoms with Crippen LogP contribution in [0.15, 0.2) is 18.2 Å². The molecule has 0 atom stereocenters. The van der Waals surface area contributed by atoms with Gasteiger partial charge in [0.05, 0.1) is 0 Å². The molecule has 2 saturated heterocycles. The van der Waals surface area contributed by atoms with Gasteiger partial charge in [-0.05, 0) is 32.8 Å². The molecular weight excluding hydrogens is 408 g/mol. The molecule has 0 saturated carbocycles. The molecule has 2 fully saturated rings. The molecule has 0 unspecified atom stereocenters. The summed E-state index contributed by atoms with van der Waals surface area (Å²) in [6.07, 6.45) is 4.76. The number of hydrogen-bond acceptors (Lipinski definition) is 3. The Balaban J connectivity index is 1.83. The fourth-order valence-electron chi connectivity index (χ4n) is 5.96. The second kappa shape index (κ2) is 8.04. The normalized spacial score (nSPS) is 26.0. The summed E-state index contributed by atoms with van der Waals surface area (Å²) in [5, 5.41) is 0.237. The van der Waals surface area contributed by atoms with E-state index in [0.717, 1.165) is 12.3 Å². The Labute approximate surface area is 185 Å². The predicted molar refractivity (Wildman–Crippen MR) is 130 cm³/mol. The first kappa shape index (κ1) is 24.0. The van der Waals surface area contributed by atoms with Crippen LogP contribution in [0.25, 0.3) is 0 Å². The van der Waals surface area contributed by atoms with Gasteiger partial charge in [0.15, 0.2) is 0 Å². The molecule has 0 spiro atoms. The van der Waals surface area contributed by atoms with E-state index in [1.165, 1.54) is 11.4 Å². The Hall–Kier alpha value is -0.650. The molecule has 1 aromatic rings. The fraction of sp³-hybridized carbons (Fsp3) is 0.720. The highest BCUT2D eigenvalue weighted by Gasteiger charge is 2.48. The smallest absolute Gasteiger partial charge is 0.134 e. The predicted octanol–water partition coefficient (Wildman–Crippen LogP) is 6.89. The highest BCUT2D eigenvalue weighted by atomic mass is 31.1. The number of rotatable bonds is 4. The van der Waals surface area contributed by atoms with Gasteiger partial charge in [-0.15, -0.1) is 0 Å². The molecule has 0 radical (unpaired) electrons. The molecule has 3 heterocycles. The van der Waals surface area contributed by atoms with Crippen LogP contribution < -0.4 is 0 Å². The summed E-state index contributed by atoms with van der Waals surface area (Å²) in [5.74, 6) is 0.814. The Morgan fingerprint density at radius 2 is 0.967 bits per heavy atom. The minimum atomic E-state index is -0.360. The fourth-order valence-corrected chi connectivity index (χ4v) is 13.4. The van der Waals surface area contributed by atoms with Gasteiger partial charge in [-0.3, -0.25) is 14.6 Å². The number of carbonyl (C=O) groups excluding carboxylic acids is 2. The van der Waals surface area contributed by atoms with E-state index in [9.17, 15) is 9.59 Å². The molecule has 0 amide bonds. The average molecular weight is 448 g/mol. The molecule has 30 heavy (non-hydrogen) atoms. The van der Waals surface area contributed by atoms with Crippen LogP contribution in [0.5, 0.6) is 0 Å². The molecule has 166 valence electrons. The van der Waals surface area contributed by atoms with Gasteiger partial charge < -0.3 is 0 Å². The third kappa shape index (κ3) is 5.05. The molecule has 2 aliphatic rings. The third-order valence-electron chi connectivity index (χ3n) is 6.95. The van der Waals surface area contributed by atoms with Crippen molar-refractivity contribution in [1.82, 2.24) is 4.98 Å². The van der Waals surface area contributed by atoms with Gasteiger partial charge in [0, 0.05) is 49.4 Å². The van der Waals surface area contributed by atoms with Crippen LogP contribution in [0.4, 0.5) is 0 Å². The van der Waals surface area contributed by atoms with Crippen LogP contribution in [0, 0.1) is 0 Å². The van der Waals surface area contributed by atoms with E-state index < -0.39 is 0 Å². The average Bonchev–Trinajstić information content (AvgIpc) is 2.53. The Bertz CT molecular complexity index is 736. The zero-order valence-corrected chi connectivity index (χ0v) is 21.9. The van der Waals surface area contributed by atoms with E-state index in [-0.39, 0.29) is 36.5 Å². The number of Topliss-reactive ketones (excluding diaryl/α,β-unsaturated/α-hetero) is 2. The van der Waals surface area contributed by atoms with Crippen molar-refractivity contribution in [2.45, 2.75) is 114 Å². The summed E-state index contributed by atoms with van der Waals surface area (Å²) in [4.78, 5) is 29.7. The molecule has 1 aromatic heterocycles. The number of hydrogen-bond donors (Lipinski definition) is 0. The molecule has 0 bridgehead atoms. The maximum atomic E-state index is 12.3. The quantitative estimate of drug-likeness (QED) is 0.472. The van der Waals surface area contributed by atoms with Crippen molar-refractivity contribution in [3.63, 3.8) is 0 Å². The minimum Gasteiger partial charge on any atom is -0.300 e. The van der Waals surface area contributed by atoms with Crippen molar-refractivity contribution in [2.24, 2.45) is 0 Å². The lowest BCUT2D eigenvalue weighted by Crippen LogP contribution is -2.40. The molecule has 0 aliphatic carbocycles. The van der Waals surface area contributed by atoms with E-state index in [2.05, 4.69) is 73.6 Å². The Morgan fingerprint density at radius 3 is 1.27 bits per heavy atom. The van der Waals surface area contributed by atoms with Crippen LogP contribution in [0.2, 0.25) is 0 Å². The zero-order valence-electron chi connectivity index (χ0n) is 20.1. The lowest BCUT2D eigenvalue weighted by molar-refractivity contribution is -0.121. The van der Waals surface area contributed by atoms with Crippen molar-refractivity contribution in [3.05, 3.63) is 29.6 Å². The second-order valence-electron chi connectivity index (χ2n) is 11.8. The number of nitrogens with zero attached hydrogens (tertiary/aromatic N) is 1. The van der Waals surface area contributed by atoms with Crippen LogP contribution in [-0.2, 0) is 21.9 Å². The Kier molecular flexibility index (Phi) is 6.43. The van der Waals surface area contributed by atoms with Crippen LogP contribution in [0.1, 0.15) is 92.5 Å². The van der Waals surface area contributed by atoms with E-state index in [1.54, 1.807) is 0 Å². The standard InChI is InChI=1S/C25H39NO2P2/c1-22(2)12-20(27)13-23(3,4)29(22)16-18-10-9-11-19(26-18)17-30-24(5,6)14-21(28)15-25(30,7)8/h9-11H,12-17H2,1-8H3. The summed E-state index contributed by atoms with van der Waals surface area (Å²) < 4.78 is 0. The highest BCUT2D eigenvalue weighted by molar-refractivity contribution is 7.60. The van der Waals surface area contributed by atoms with Gasteiger partial charge in [-0.25, -0.2) is 0 Å². The van der Waals surface area contributed by atoms with Crippen LogP contribution >= 0.6 is 15.8 Å². The van der Waals surface area contributed by atoms with Gasteiger partial charge in [-0.1, -0.05) is 77.3 Å². The minimum absolute atomic E-state index is 0.0592. The first-order chi connectivity index (χ1) is 13.6. The monoisotopic (exact) mass is 447 g/mol. The van der Waals surface area contributed by atoms with Gasteiger partial charge in [0.25, 0.3) is 0 Å². The van der Waals surface area contributed by atoms with E-state index in [1.807, 2.05) is 0 Å². The summed E-state index contributed by atoms with van der Waals surface area (Å²) in [7, 11) is -0.719. The number of carbonyl (C=O) groups is 2. The molecule has 3 rings (SSSR count). The largest absolute Gasteiger partial charge is 0.300 e. The van der Waals surface area contributed by atoms with Crippen LogP contribution in [-0.4, -0.2) is 37.2 Å². The maximum Gasteiger partial charge on any atom is 0.134 e. The highest BCUT2D eigenvalue weighted by Crippen LogP contribution is 2.67. The zero-order chi connectivity index (χ0) is 22.5. The number of aromatic nitrogens is 1. The molecular formula is C25H39NO2P2. The van der Waals surface area contributed by atoms with Crippen LogP contribution in [0.3, 0.4) is 0 Å². The molecule has 0 N–H and O–H groups in total. The molecule has 3 nitrogen and oxygen atoms in total. The van der Waals surface area contributed by atoms with Crippen molar-refractivity contribution < 1.29 is 9.59 Å². The van der Waals surface area contributed by atoms with E-state index in [0.29, 0.717) is 37.2 Å². The third-order valence-corrected chi connectivity index (χ3v) is 14.7. The Morgan fingerprint density at radius 1 is 0.667 bits per heavy atom. The lowest BCUT2D eigenvalue weighted by Gasteiger charge is -2.49. The van der Waals surface area contributed by atoms with Crippen molar-refractivity contribution >= 4 is 27.4 Å². The summed E-state index contributed by atoms with van der Waals surface area (Å²) >= 11 is 0. The van der Waals surface area contributed by atoms with Gasteiger partial charge in [0.1, 0.15) is 11.6 Å². The molecule has 5 heteroatoms.